The first-order valence-electron chi connectivity index (χ1n) is 9.87. The first-order chi connectivity index (χ1) is 13.3. The van der Waals surface area contributed by atoms with Crippen LogP contribution in [0.2, 0.25) is 0 Å². The second kappa shape index (κ2) is 10.2. The van der Waals surface area contributed by atoms with E-state index in [0.29, 0.717) is 12.1 Å². The molecule has 0 heterocycles. The average molecular weight is 390 g/mol. The van der Waals surface area contributed by atoms with E-state index in [1.54, 1.807) is 24.3 Å². The Kier molecular flexibility index (Phi) is 7.99. The molecule has 0 aliphatic heterocycles. The van der Waals surface area contributed by atoms with Crippen molar-refractivity contribution in [1.82, 2.24) is 5.32 Å². The zero-order valence-electron chi connectivity index (χ0n) is 16.5. The summed E-state index contributed by atoms with van der Waals surface area (Å²) in [5, 5.41) is 24.5. The van der Waals surface area contributed by atoms with Crippen molar-refractivity contribution in [2.75, 3.05) is 5.32 Å². The standard InChI is InChI=1S/C21H30N2O5/c1-13(2)11-17(20(25)26)23-18(21(27)28)12-14-7-9-16(10-8-14)22-19(24)15-5-3-4-6-15/h7-10,13,15,17-18,23H,3-6,11-12H2,1-2H3,(H,22,24)(H,25,26)(H,27,28). The highest BCUT2D eigenvalue weighted by Gasteiger charge is 2.27. The van der Waals surface area contributed by atoms with E-state index >= 15 is 0 Å². The number of amides is 1. The molecule has 1 aliphatic rings. The predicted octanol–water partition coefficient (Wildman–Crippen LogP) is 2.90. The molecule has 0 radical (unpaired) electrons. The quantitative estimate of drug-likeness (QED) is 0.488. The third kappa shape index (κ3) is 6.64. The zero-order valence-corrected chi connectivity index (χ0v) is 16.5. The molecule has 0 saturated heterocycles. The molecule has 1 aromatic rings. The van der Waals surface area contributed by atoms with Gasteiger partial charge in [0.25, 0.3) is 0 Å². The van der Waals surface area contributed by atoms with Gasteiger partial charge in [0.2, 0.25) is 5.91 Å². The maximum Gasteiger partial charge on any atom is 0.321 e. The van der Waals surface area contributed by atoms with Gasteiger partial charge in [-0.3, -0.25) is 19.7 Å². The molecule has 0 bridgehead atoms. The van der Waals surface area contributed by atoms with Gasteiger partial charge in [-0.2, -0.15) is 0 Å². The maximum atomic E-state index is 12.2. The lowest BCUT2D eigenvalue weighted by Gasteiger charge is -2.22. The number of carboxylic acids is 2. The van der Waals surface area contributed by atoms with Gasteiger partial charge in [-0.05, 0) is 49.3 Å². The summed E-state index contributed by atoms with van der Waals surface area (Å²) in [5.74, 6) is -1.90. The number of hydrogen-bond donors (Lipinski definition) is 4. The minimum atomic E-state index is -1.09. The molecule has 1 fully saturated rings. The number of benzene rings is 1. The van der Waals surface area contributed by atoms with Crippen LogP contribution in [-0.4, -0.2) is 40.1 Å². The number of hydrogen-bond acceptors (Lipinski definition) is 4. The monoisotopic (exact) mass is 390 g/mol. The number of aliphatic carboxylic acids is 2. The summed E-state index contributed by atoms with van der Waals surface area (Å²) in [6.45, 7) is 3.79. The minimum Gasteiger partial charge on any atom is -0.480 e. The van der Waals surface area contributed by atoms with Crippen molar-refractivity contribution in [3.63, 3.8) is 0 Å². The van der Waals surface area contributed by atoms with Crippen molar-refractivity contribution >= 4 is 23.5 Å². The van der Waals surface area contributed by atoms with E-state index in [-0.39, 0.29) is 24.2 Å². The Morgan fingerprint density at radius 3 is 2.07 bits per heavy atom. The molecule has 0 aromatic heterocycles. The van der Waals surface area contributed by atoms with E-state index in [9.17, 15) is 24.6 Å². The molecule has 1 aliphatic carbocycles. The lowest BCUT2D eigenvalue weighted by molar-refractivity contribution is -0.143. The first-order valence-corrected chi connectivity index (χ1v) is 9.87. The number of anilines is 1. The van der Waals surface area contributed by atoms with Crippen molar-refractivity contribution in [3.8, 4) is 0 Å². The summed E-state index contributed by atoms with van der Waals surface area (Å²) in [7, 11) is 0. The number of nitrogens with one attached hydrogen (secondary N) is 2. The smallest absolute Gasteiger partial charge is 0.321 e. The third-order valence-electron chi connectivity index (χ3n) is 5.09. The Labute approximate surface area is 165 Å². The van der Waals surface area contributed by atoms with E-state index in [2.05, 4.69) is 10.6 Å². The lowest BCUT2D eigenvalue weighted by atomic mass is 10.0. The third-order valence-corrected chi connectivity index (χ3v) is 5.09. The van der Waals surface area contributed by atoms with Crippen LogP contribution in [0.1, 0.15) is 51.5 Å². The van der Waals surface area contributed by atoms with Gasteiger partial charge in [0.1, 0.15) is 12.1 Å². The van der Waals surface area contributed by atoms with Crippen LogP contribution in [0.5, 0.6) is 0 Å². The second-order valence-electron chi connectivity index (χ2n) is 7.95. The van der Waals surface area contributed by atoms with Gasteiger partial charge in [0.05, 0.1) is 0 Å². The maximum absolute atomic E-state index is 12.2. The Bertz CT molecular complexity index is 681. The van der Waals surface area contributed by atoms with Crippen LogP contribution in [0.25, 0.3) is 0 Å². The molecular formula is C21H30N2O5. The van der Waals surface area contributed by atoms with Gasteiger partial charge in [0.15, 0.2) is 0 Å². The van der Waals surface area contributed by atoms with E-state index in [1.165, 1.54) is 0 Å². The molecule has 1 aromatic carbocycles. The topological polar surface area (TPSA) is 116 Å². The second-order valence-corrected chi connectivity index (χ2v) is 7.95. The molecule has 0 spiro atoms. The fourth-order valence-electron chi connectivity index (χ4n) is 3.56. The van der Waals surface area contributed by atoms with Crippen LogP contribution in [0.4, 0.5) is 5.69 Å². The van der Waals surface area contributed by atoms with E-state index in [4.69, 9.17) is 0 Å². The largest absolute Gasteiger partial charge is 0.480 e. The van der Waals surface area contributed by atoms with E-state index in [0.717, 1.165) is 31.2 Å². The molecule has 28 heavy (non-hydrogen) atoms. The molecular weight excluding hydrogens is 360 g/mol. The summed E-state index contributed by atoms with van der Waals surface area (Å²) in [5.41, 5.74) is 1.44. The van der Waals surface area contributed by atoms with Gasteiger partial charge in [-0.1, -0.05) is 38.8 Å². The Hall–Kier alpha value is -2.41. The van der Waals surface area contributed by atoms with E-state index in [1.807, 2.05) is 13.8 Å². The molecule has 1 saturated carbocycles. The number of rotatable bonds is 10. The Morgan fingerprint density at radius 2 is 1.57 bits per heavy atom. The van der Waals surface area contributed by atoms with Crippen LogP contribution >= 0.6 is 0 Å². The first kappa shape index (κ1) is 21.9. The van der Waals surface area contributed by atoms with Crippen molar-refractivity contribution in [2.45, 2.75) is 64.5 Å². The Morgan fingerprint density at radius 1 is 1.00 bits per heavy atom. The van der Waals surface area contributed by atoms with Crippen LogP contribution in [0.15, 0.2) is 24.3 Å². The fraction of sp³-hybridized carbons (Fsp3) is 0.571. The SMILES string of the molecule is CC(C)CC(NC(Cc1ccc(NC(=O)C2CCCC2)cc1)C(=O)O)C(=O)O. The van der Waals surface area contributed by atoms with Gasteiger partial charge in [0, 0.05) is 11.6 Å². The highest BCUT2D eigenvalue weighted by atomic mass is 16.4. The molecule has 154 valence electrons. The Balaban J connectivity index is 1.97. The van der Waals surface area contributed by atoms with Crippen molar-refractivity contribution in [3.05, 3.63) is 29.8 Å². The van der Waals surface area contributed by atoms with Crippen molar-refractivity contribution in [2.24, 2.45) is 11.8 Å². The fourth-order valence-corrected chi connectivity index (χ4v) is 3.56. The van der Waals surface area contributed by atoms with Gasteiger partial charge in [-0.25, -0.2) is 0 Å². The van der Waals surface area contributed by atoms with Crippen LogP contribution in [0, 0.1) is 11.8 Å². The number of carbonyl (C=O) groups is 3. The highest BCUT2D eigenvalue weighted by molar-refractivity contribution is 5.92. The molecule has 2 atom stereocenters. The molecule has 2 rings (SSSR count). The zero-order chi connectivity index (χ0) is 20.7. The van der Waals surface area contributed by atoms with Crippen LogP contribution in [0.3, 0.4) is 0 Å². The molecule has 1 amide bonds. The van der Waals surface area contributed by atoms with E-state index < -0.39 is 24.0 Å². The van der Waals surface area contributed by atoms with Gasteiger partial charge < -0.3 is 15.5 Å². The summed E-state index contributed by atoms with van der Waals surface area (Å²) in [6, 6.07) is 5.12. The van der Waals surface area contributed by atoms with Crippen LogP contribution < -0.4 is 10.6 Å². The molecule has 2 unspecified atom stereocenters. The normalized spacial score (nSPS) is 16.7. The molecule has 7 nitrogen and oxygen atoms in total. The summed E-state index contributed by atoms with van der Waals surface area (Å²) < 4.78 is 0. The molecule has 4 N–H and O–H groups in total. The van der Waals surface area contributed by atoms with Gasteiger partial charge in [-0.15, -0.1) is 0 Å². The average Bonchev–Trinajstić information content (AvgIpc) is 3.16. The summed E-state index contributed by atoms with van der Waals surface area (Å²) >= 11 is 0. The lowest BCUT2D eigenvalue weighted by Crippen LogP contribution is -2.48. The number of carboxylic acid groups (broad SMARTS) is 2. The van der Waals surface area contributed by atoms with Crippen molar-refractivity contribution < 1.29 is 24.6 Å². The summed E-state index contributed by atoms with van der Waals surface area (Å²) in [4.78, 5) is 35.2. The number of carbonyl (C=O) groups excluding carboxylic acids is 1. The van der Waals surface area contributed by atoms with Crippen molar-refractivity contribution in [1.29, 1.82) is 0 Å². The van der Waals surface area contributed by atoms with Gasteiger partial charge >= 0.3 is 11.9 Å². The molecule has 7 heteroatoms. The minimum absolute atomic E-state index is 0.0355. The van der Waals surface area contributed by atoms with Crippen LogP contribution in [-0.2, 0) is 20.8 Å². The highest BCUT2D eigenvalue weighted by Crippen LogP contribution is 2.26. The summed E-state index contributed by atoms with van der Waals surface area (Å²) in [6.07, 6.45) is 4.55. The predicted molar refractivity (Wildman–Crippen MR) is 106 cm³/mol.